The molecule has 2 aromatic rings. The second-order valence-corrected chi connectivity index (χ2v) is 6.33. The summed E-state index contributed by atoms with van der Waals surface area (Å²) in [5.74, 6) is 6.95. The Labute approximate surface area is 189 Å². The molecule has 5 nitrogen and oxygen atoms in total. The standard InChI is InChI=1S/C27H26O5/c1-5-17-31-24-15-11-21(19-26(24)29-7-3)9-13-23(28)14-10-22-12-16-25(32-18-6-2)27(20-22)30-8-4/h1-2,9-16,19-20H,7-8,17-18H2,3-4H3/b13-9+,14-10+. The number of carbonyl (C=O) groups excluding carboxylic acids is 1. The minimum absolute atomic E-state index is 0.153. The summed E-state index contributed by atoms with van der Waals surface area (Å²) in [4.78, 5) is 12.3. The molecule has 164 valence electrons. The fourth-order valence-corrected chi connectivity index (χ4v) is 2.68. The molecular weight excluding hydrogens is 404 g/mol. The summed E-state index contributed by atoms with van der Waals surface area (Å²) in [5, 5.41) is 0. The molecule has 0 saturated heterocycles. The van der Waals surface area contributed by atoms with E-state index in [0.717, 1.165) is 11.1 Å². The lowest BCUT2D eigenvalue weighted by atomic mass is 10.1. The summed E-state index contributed by atoms with van der Waals surface area (Å²) in [6, 6.07) is 10.8. The molecule has 0 spiro atoms. The Bertz CT molecular complexity index is 967. The van der Waals surface area contributed by atoms with Crippen molar-refractivity contribution in [2.75, 3.05) is 26.4 Å². The molecule has 0 amide bonds. The molecule has 0 saturated carbocycles. The molecule has 2 aromatic carbocycles. The van der Waals surface area contributed by atoms with Crippen LogP contribution in [0.4, 0.5) is 0 Å². The van der Waals surface area contributed by atoms with Crippen LogP contribution in [-0.4, -0.2) is 32.2 Å². The molecule has 0 aliphatic rings. The first-order valence-electron chi connectivity index (χ1n) is 10.2. The van der Waals surface area contributed by atoms with Gasteiger partial charge in [0, 0.05) is 0 Å². The van der Waals surface area contributed by atoms with Crippen LogP contribution >= 0.6 is 0 Å². The normalized spacial score (nSPS) is 10.5. The van der Waals surface area contributed by atoms with Crippen LogP contribution in [0.5, 0.6) is 23.0 Å². The van der Waals surface area contributed by atoms with Crippen molar-refractivity contribution in [3.63, 3.8) is 0 Å². The maximum absolute atomic E-state index is 12.3. The topological polar surface area (TPSA) is 54.0 Å². The first-order chi connectivity index (χ1) is 15.6. The Morgan fingerprint density at radius 3 is 1.56 bits per heavy atom. The third kappa shape index (κ3) is 7.63. The highest BCUT2D eigenvalue weighted by Gasteiger charge is 2.06. The van der Waals surface area contributed by atoms with E-state index in [1.54, 1.807) is 36.4 Å². The van der Waals surface area contributed by atoms with Gasteiger partial charge in [-0.1, -0.05) is 36.1 Å². The highest BCUT2D eigenvalue weighted by atomic mass is 16.5. The summed E-state index contributed by atoms with van der Waals surface area (Å²) in [5.41, 5.74) is 1.61. The predicted molar refractivity (Wildman–Crippen MR) is 127 cm³/mol. The molecule has 0 aliphatic carbocycles. The van der Waals surface area contributed by atoms with Crippen molar-refractivity contribution in [2.45, 2.75) is 13.8 Å². The smallest absolute Gasteiger partial charge is 0.178 e. The van der Waals surface area contributed by atoms with Gasteiger partial charge < -0.3 is 18.9 Å². The van der Waals surface area contributed by atoms with E-state index in [1.165, 1.54) is 12.2 Å². The highest BCUT2D eigenvalue weighted by molar-refractivity contribution is 6.04. The zero-order valence-electron chi connectivity index (χ0n) is 18.3. The van der Waals surface area contributed by atoms with Crippen LogP contribution in [0.25, 0.3) is 12.2 Å². The summed E-state index contributed by atoms with van der Waals surface area (Å²) < 4.78 is 22.1. The van der Waals surface area contributed by atoms with Crippen molar-refractivity contribution in [3.05, 3.63) is 59.7 Å². The van der Waals surface area contributed by atoms with Gasteiger partial charge in [-0.2, -0.15) is 0 Å². The van der Waals surface area contributed by atoms with Gasteiger partial charge in [0.05, 0.1) is 13.2 Å². The number of ether oxygens (including phenoxy) is 4. The van der Waals surface area contributed by atoms with Crippen molar-refractivity contribution in [2.24, 2.45) is 0 Å². The average Bonchev–Trinajstić information content (AvgIpc) is 2.80. The minimum atomic E-state index is -0.166. The zero-order chi connectivity index (χ0) is 23.2. The molecule has 5 heteroatoms. The maximum Gasteiger partial charge on any atom is 0.178 e. The minimum Gasteiger partial charge on any atom is -0.490 e. The molecule has 32 heavy (non-hydrogen) atoms. The van der Waals surface area contributed by atoms with Crippen LogP contribution < -0.4 is 18.9 Å². The van der Waals surface area contributed by atoms with Crippen molar-refractivity contribution in [3.8, 4) is 47.7 Å². The molecule has 0 radical (unpaired) electrons. The van der Waals surface area contributed by atoms with Crippen molar-refractivity contribution in [1.29, 1.82) is 0 Å². The number of allylic oxidation sites excluding steroid dienone is 2. The summed E-state index contributed by atoms with van der Waals surface area (Å²) in [6.45, 7) is 5.04. The number of terminal acetylenes is 2. The molecule has 0 bridgehead atoms. The van der Waals surface area contributed by atoms with Crippen LogP contribution in [0.1, 0.15) is 25.0 Å². The van der Waals surface area contributed by atoms with E-state index in [0.29, 0.717) is 36.2 Å². The van der Waals surface area contributed by atoms with Crippen molar-refractivity contribution in [1.82, 2.24) is 0 Å². The Kier molecular flexibility index (Phi) is 10.0. The fourth-order valence-electron chi connectivity index (χ4n) is 2.68. The Hall–Kier alpha value is -4.09. The van der Waals surface area contributed by atoms with E-state index < -0.39 is 0 Å². The van der Waals surface area contributed by atoms with Crippen molar-refractivity contribution >= 4 is 17.9 Å². The van der Waals surface area contributed by atoms with E-state index in [2.05, 4.69) is 11.8 Å². The number of ketones is 1. The van der Waals surface area contributed by atoms with E-state index >= 15 is 0 Å². The van der Waals surface area contributed by atoms with Crippen LogP contribution in [0, 0.1) is 24.7 Å². The molecule has 0 atom stereocenters. The molecule has 2 rings (SSSR count). The molecule has 0 N–H and O–H groups in total. The SMILES string of the molecule is C#CCOc1ccc(/C=C/C(=O)/C=C/c2ccc(OCC#C)c(OCC)c2)cc1OCC. The predicted octanol–water partition coefficient (Wildman–Crippen LogP) is 4.80. The van der Waals surface area contributed by atoms with Gasteiger partial charge in [0.25, 0.3) is 0 Å². The molecule has 0 heterocycles. The third-order valence-electron chi connectivity index (χ3n) is 4.04. The lowest BCUT2D eigenvalue weighted by Gasteiger charge is -2.11. The molecule has 0 unspecified atom stereocenters. The molecule has 0 fully saturated rings. The average molecular weight is 431 g/mol. The van der Waals surface area contributed by atoms with Crippen LogP contribution in [0.2, 0.25) is 0 Å². The largest absolute Gasteiger partial charge is 0.490 e. The summed E-state index contributed by atoms with van der Waals surface area (Å²) in [7, 11) is 0. The zero-order valence-corrected chi connectivity index (χ0v) is 18.3. The molecule has 0 aromatic heterocycles. The number of benzene rings is 2. The van der Waals surface area contributed by atoms with E-state index in [4.69, 9.17) is 31.8 Å². The second kappa shape index (κ2) is 13.3. The Morgan fingerprint density at radius 1 is 0.750 bits per heavy atom. The van der Waals surface area contributed by atoms with E-state index in [1.807, 2.05) is 26.0 Å². The quantitative estimate of drug-likeness (QED) is 0.358. The first-order valence-corrected chi connectivity index (χ1v) is 10.2. The fraction of sp³-hybridized carbons (Fsp3) is 0.222. The third-order valence-corrected chi connectivity index (χ3v) is 4.04. The van der Waals surface area contributed by atoms with Gasteiger partial charge >= 0.3 is 0 Å². The van der Waals surface area contributed by atoms with Gasteiger partial charge in [-0.15, -0.1) is 12.8 Å². The number of rotatable bonds is 12. The number of hydrogen-bond donors (Lipinski definition) is 0. The summed E-state index contributed by atoms with van der Waals surface area (Å²) >= 11 is 0. The molecular formula is C27H26O5. The number of hydrogen-bond acceptors (Lipinski definition) is 5. The van der Waals surface area contributed by atoms with Gasteiger partial charge in [-0.3, -0.25) is 4.79 Å². The maximum atomic E-state index is 12.3. The van der Waals surface area contributed by atoms with Gasteiger partial charge in [0.15, 0.2) is 28.8 Å². The van der Waals surface area contributed by atoms with Crippen LogP contribution in [-0.2, 0) is 4.79 Å². The lowest BCUT2D eigenvalue weighted by Crippen LogP contribution is -1.99. The van der Waals surface area contributed by atoms with Gasteiger partial charge in [0.2, 0.25) is 0 Å². The van der Waals surface area contributed by atoms with Crippen molar-refractivity contribution < 1.29 is 23.7 Å². The van der Waals surface area contributed by atoms with E-state index in [-0.39, 0.29) is 19.0 Å². The highest BCUT2D eigenvalue weighted by Crippen LogP contribution is 2.30. The Balaban J connectivity index is 2.09. The van der Waals surface area contributed by atoms with Gasteiger partial charge in [0.1, 0.15) is 13.2 Å². The second-order valence-electron chi connectivity index (χ2n) is 6.33. The lowest BCUT2D eigenvalue weighted by molar-refractivity contribution is -0.110. The van der Waals surface area contributed by atoms with Gasteiger partial charge in [-0.25, -0.2) is 0 Å². The van der Waals surface area contributed by atoms with Gasteiger partial charge in [-0.05, 0) is 61.4 Å². The first kappa shape index (κ1) is 24.2. The van der Waals surface area contributed by atoms with E-state index in [9.17, 15) is 4.79 Å². The molecule has 0 aliphatic heterocycles. The number of carbonyl (C=O) groups is 1. The Morgan fingerprint density at radius 2 is 1.19 bits per heavy atom. The van der Waals surface area contributed by atoms with Crippen LogP contribution in [0.3, 0.4) is 0 Å². The monoisotopic (exact) mass is 430 g/mol. The summed E-state index contributed by atoms with van der Waals surface area (Å²) in [6.07, 6.45) is 16.9. The van der Waals surface area contributed by atoms with Crippen LogP contribution in [0.15, 0.2) is 48.6 Å².